The number of hydrogen-bond donors (Lipinski definition) is 2. The summed E-state index contributed by atoms with van der Waals surface area (Å²) in [6.45, 7) is 5.04. The Morgan fingerprint density at radius 3 is 2.85 bits per heavy atom. The largest absolute Gasteiger partial charge is 0.477 e. The number of nitrogens with one attached hydrogen (secondary N) is 2. The number of hydrogen-bond acceptors (Lipinski definition) is 6. The van der Waals surface area contributed by atoms with E-state index < -0.39 is 5.92 Å². The van der Waals surface area contributed by atoms with Crippen LogP contribution in [-0.4, -0.2) is 61.8 Å². The number of alkyl halides is 2. The van der Waals surface area contributed by atoms with Gasteiger partial charge in [0.1, 0.15) is 5.65 Å². The quantitative estimate of drug-likeness (QED) is 0.658. The predicted octanol–water partition coefficient (Wildman–Crippen LogP) is 2.56. The van der Waals surface area contributed by atoms with E-state index in [4.69, 9.17) is 4.74 Å². The number of H-pyrrole nitrogens is 1. The Hall–Kier alpha value is -2.75. The molecule has 0 bridgehead atoms. The minimum atomic E-state index is -2.54. The topological polar surface area (TPSA) is 83.9 Å². The first-order chi connectivity index (χ1) is 12.9. The molecule has 3 aromatic heterocycles. The van der Waals surface area contributed by atoms with Gasteiger partial charge in [0.2, 0.25) is 11.8 Å². The first-order valence-corrected chi connectivity index (χ1v) is 8.83. The highest BCUT2D eigenvalue weighted by Gasteiger charge is 2.43. The van der Waals surface area contributed by atoms with Crippen molar-refractivity contribution in [2.45, 2.75) is 26.3 Å². The summed E-state index contributed by atoms with van der Waals surface area (Å²) in [5.41, 5.74) is 2.33. The maximum absolute atomic E-state index is 12.9. The Balaban J connectivity index is 1.47. The molecule has 0 aromatic carbocycles. The summed E-state index contributed by atoms with van der Waals surface area (Å²) in [6, 6.07) is 1.87. The molecule has 2 N–H and O–H groups in total. The summed E-state index contributed by atoms with van der Waals surface area (Å²) in [6.07, 6.45) is 3.47. The lowest BCUT2D eigenvalue weighted by Crippen LogP contribution is -2.56. The SMILES string of the molecule is CCOc1nc(Nc2cnn(CCN3CC(F)(F)C3)c2C)nc2[nH]ccc12. The molecule has 8 nitrogen and oxygen atoms in total. The molecular weight excluding hydrogens is 356 g/mol. The second-order valence-electron chi connectivity index (χ2n) is 6.58. The fraction of sp³-hybridized carbons (Fsp3) is 0.471. The van der Waals surface area contributed by atoms with Crippen LogP contribution in [0.4, 0.5) is 20.4 Å². The van der Waals surface area contributed by atoms with Crippen molar-refractivity contribution in [3.63, 3.8) is 0 Å². The first-order valence-electron chi connectivity index (χ1n) is 8.83. The maximum Gasteiger partial charge on any atom is 0.272 e. The van der Waals surface area contributed by atoms with E-state index in [2.05, 4.69) is 25.4 Å². The zero-order valence-electron chi connectivity index (χ0n) is 15.2. The van der Waals surface area contributed by atoms with Gasteiger partial charge in [-0.2, -0.15) is 15.1 Å². The minimum Gasteiger partial charge on any atom is -0.477 e. The molecule has 1 saturated heterocycles. The molecule has 0 aliphatic carbocycles. The molecule has 0 radical (unpaired) electrons. The minimum absolute atomic E-state index is 0.178. The van der Waals surface area contributed by atoms with Crippen LogP contribution in [-0.2, 0) is 6.54 Å². The Morgan fingerprint density at radius 1 is 1.30 bits per heavy atom. The van der Waals surface area contributed by atoms with E-state index >= 15 is 0 Å². The number of halogens is 2. The third-order valence-corrected chi connectivity index (χ3v) is 4.55. The number of rotatable bonds is 7. The Bertz CT molecular complexity index is 944. The summed E-state index contributed by atoms with van der Waals surface area (Å²) < 4.78 is 33.2. The molecule has 1 fully saturated rings. The van der Waals surface area contributed by atoms with Crippen LogP contribution in [0.15, 0.2) is 18.5 Å². The smallest absolute Gasteiger partial charge is 0.272 e. The number of fused-ring (bicyclic) bond motifs is 1. The standard InChI is InChI=1S/C17H21F2N7O/c1-3-27-15-12-4-5-20-14(12)23-16(24-15)22-13-8-21-26(11(13)2)7-6-25-9-17(18,19)10-25/h4-5,8H,3,6-7,9-10H2,1-2H3,(H2,20,22,23,24). The average molecular weight is 377 g/mol. The number of anilines is 2. The van der Waals surface area contributed by atoms with Crippen molar-refractivity contribution < 1.29 is 13.5 Å². The van der Waals surface area contributed by atoms with Gasteiger partial charge in [0.15, 0.2) is 0 Å². The molecule has 4 heterocycles. The fourth-order valence-corrected chi connectivity index (χ4v) is 3.13. The molecule has 0 spiro atoms. The van der Waals surface area contributed by atoms with E-state index in [0.29, 0.717) is 37.2 Å². The molecule has 0 saturated carbocycles. The third-order valence-electron chi connectivity index (χ3n) is 4.55. The van der Waals surface area contributed by atoms with Gasteiger partial charge in [-0.05, 0) is 19.9 Å². The highest BCUT2D eigenvalue weighted by atomic mass is 19.3. The lowest BCUT2D eigenvalue weighted by molar-refractivity contribution is -0.131. The van der Waals surface area contributed by atoms with Crippen LogP contribution in [0.1, 0.15) is 12.6 Å². The van der Waals surface area contributed by atoms with Gasteiger partial charge in [-0.3, -0.25) is 9.58 Å². The molecule has 10 heteroatoms. The van der Waals surface area contributed by atoms with Crippen LogP contribution >= 0.6 is 0 Å². The monoisotopic (exact) mass is 377 g/mol. The van der Waals surface area contributed by atoms with Gasteiger partial charge in [-0.25, -0.2) is 8.78 Å². The van der Waals surface area contributed by atoms with Crippen molar-refractivity contribution in [2.24, 2.45) is 0 Å². The van der Waals surface area contributed by atoms with Crippen molar-refractivity contribution in [2.75, 3.05) is 31.6 Å². The molecule has 0 amide bonds. The van der Waals surface area contributed by atoms with Gasteiger partial charge >= 0.3 is 0 Å². The van der Waals surface area contributed by atoms with Crippen molar-refractivity contribution in [3.05, 3.63) is 24.2 Å². The number of likely N-dealkylation sites (tertiary alicyclic amines) is 1. The van der Waals surface area contributed by atoms with E-state index in [1.54, 1.807) is 22.0 Å². The highest BCUT2D eigenvalue weighted by molar-refractivity contribution is 5.82. The Labute approximate surface area is 154 Å². The van der Waals surface area contributed by atoms with Gasteiger partial charge in [-0.1, -0.05) is 0 Å². The van der Waals surface area contributed by atoms with E-state index in [-0.39, 0.29) is 13.1 Å². The van der Waals surface area contributed by atoms with Crippen LogP contribution in [0.5, 0.6) is 5.88 Å². The van der Waals surface area contributed by atoms with Gasteiger partial charge in [-0.15, -0.1) is 0 Å². The molecule has 27 heavy (non-hydrogen) atoms. The summed E-state index contributed by atoms with van der Waals surface area (Å²) >= 11 is 0. The zero-order chi connectivity index (χ0) is 19.0. The van der Waals surface area contributed by atoms with E-state index in [1.165, 1.54) is 0 Å². The Morgan fingerprint density at radius 2 is 2.11 bits per heavy atom. The maximum atomic E-state index is 12.9. The lowest BCUT2D eigenvalue weighted by Gasteiger charge is -2.38. The van der Waals surface area contributed by atoms with E-state index in [9.17, 15) is 8.78 Å². The number of nitrogens with zero attached hydrogens (tertiary/aromatic N) is 5. The van der Waals surface area contributed by atoms with E-state index in [0.717, 1.165) is 16.8 Å². The summed E-state index contributed by atoms with van der Waals surface area (Å²) in [5.74, 6) is -1.63. The van der Waals surface area contributed by atoms with Crippen molar-refractivity contribution in [3.8, 4) is 5.88 Å². The van der Waals surface area contributed by atoms with Crippen LogP contribution < -0.4 is 10.1 Å². The summed E-state index contributed by atoms with van der Waals surface area (Å²) in [7, 11) is 0. The van der Waals surface area contributed by atoms with Crippen LogP contribution in [0.2, 0.25) is 0 Å². The van der Waals surface area contributed by atoms with Crippen LogP contribution in [0.3, 0.4) is 0 Å². The first kappa shape index (κ1) is 17.7. The van der Waals surface area contributed by atoms with Gasteiger partial charge in [0.05, 0.1) is 49.2 Å². The molecule has 0 atom stereocenters. The number of ether oxygens (including phenoxy) is 1. The van der Waals surface area contributed by atoms with Crippen molar-refractivity contribution >= 4 is 22.7 Å². The predicted molar refractivity (Wildman–Crippen MR) is 96.7 cm³/mol. The molecule has 3 aromatic rings. The second-order valence-corrected chi connectivity index (χ2v) is 6.58. The third kappa shape index (κ3) is 3.57. The molecule has 1 aliphatic heterocycles. The van der Waals surface area contributed by atoms with E-state index in [1.807, 2.05) is 19.9 Å². The van der Waals surface area contributed by atoms with Gasteiger partial charge in [0.25, 0.3) is 5.92 Å². The molecule has 144 valence electrons. The average Bonchev–Trinajstić information content (AvgIpc) is 3.19. The fourth-order valence-electron chi connectivity index (χ4n) is 3.13. The zero-order valence-corrected chi connectivity index (χ0v) is 15.2. The highest BCUT2D eigenvalue weighted by Crippen LogP contribution is 2.27. The Kier molecular flexibility index (Phi) is 4.42. The lowest BCUT2D eigenvalue weighted by atomic mass is 10.1. The van der Waals surface area contributed by atoms with Crippen molar-refractivity contribution in [1.82, 2.24) is 29.6 Å². The summed E-state index contributed by atoms with van der Waals surface area (Å²) in [4.78, 5) is 13.6. The molecule has 4 rings (SSSR count). The molecule has 1 aliphatic rings. The van der Waals surface area contributed by atoms with Crippen LogP contribution in [0, 0.1) is 6.92 Å². The van der Waals surface area contributed by atoms with Gasteiger partial charge in [0, 0.05) is 12.7 Å². The second kappa shape index (κ2) is 6.76. The normalized spacial score (nSPS) is 16.4. The van der Waals surface area contributed by atoms with Crippen molar-refractivity contribution in [1.29, 1.82) is 0 Å². The number of aromatic amines is 1. The summed E-state index contributed by atoms with van der Waals surface area (Å²) in [5, 5.41) is 8.32. The van der Waals surface area contributed by atoms with Gasteiger partial charge < -0.3 is 15.0 Å². The number of aromatic nitrogens is 5. The van der Waals surface area contributed by atoms with Crippen LogP contribution in [0.25, 0.3) is 11.0 Å². The molecule has 0 unspecified atom stereocenters. The molecular formula is C17H21F2N7O.